The first-order valence-electron chi connectivity index (χ1n) is 8.80. The van der Waals surface area contributed by atoms with Crippen LogP contribution in [0.15, 0.2) is 55.1 Å². The van der Waals surface area contributed by atoms with E-state index >= 15 is 0 Å². The van der Waals surface area contributed by atoms with Crippen LogP contribution in [0, 0.1) is 0 Å². The molecular formula is C20H18ClF2N3O2. The van der Waals surface area contributed by atoms with Gasteiger partial charge in [0.15, 0.2) is 0 Å². The molecule has 0 spiro atoms. The molecule has 1 fully saturated rings. The van der Waals surface area contributed by atoms with E-state index in [1.807, 2.05) is 24.3 Å². The molecule has 4 rings (SSSR count). The van der Waals surface area contributed by atoms with Gasteiger partial charge in [0.2, 0.25) is 0 Å². The van der Waals surface area contributed by atoms with Crippen LogP contribution in [0.25, 0.3) is 16.8 Å². The fraction of sp³-hybridized carbons (Fsp3) is 0.300. The van der Waals surface area contributed by atoms with Gasteiger partial charge < -0.3 is 9.84 Å². The Labute approximate surface area is 165 Å². The van der Waals surface area contributed by atoms with Gasteiger partial charge in [-0.1, -0.05) is 36.4 Å². The highest BCUT2D eigenvalue weighted by atomic mass is 35.5. The summed E-state index contributed by atoms with van der Waals surface area (Å²) in [5.41, 5.74) is -0.974. The Balaban J connectivity index is 1.77. The largest absolute Gasteiger partial charge is 0.434 e. The first kappa shape index (κ1) is 18.8. The molecule has 8 heteroatoms. The zero-order chi connectivity index (χ0) is 19.8. The van der Waals surface area contributed by atoms with Crippen LogP contribution in [-0.4, -0.2) is 37.0 Å². The summed E-state index contributed by atoms with van der Waals surface area (Å²) < 4.78 is 32.0. The van der Waals surface area contributed by atoms with E-state index in [-0.39, 0.29) is 12.3 Å². The lowest BCUT2D eigenvalue weighted by Crippen LogP contribution is -2.43. The number of hydrogen-bond donors (Lipinski definition) is 1. The van der Waals surface area contributed by atoms with Crippen LogP contribution in [0.3, 0.4) is 0 Å². The Hall–Kier alpha value is -2.51. The highest BCUT2D eigenvalue weighted by Crippen LogP contribution is 2.52. The highest BCUT2D eigenvalue weighted by Gasteiger charge is 2.56. The summed E-state index contributed by atoms with van der Waals surface area (Å²) in [5.74, 6) is 0.0347. The third-order valence-electron chi connectivity index (χ3n) is 5.01. The van der Waals surface area contributed by atoms with Gasteiger partial charge >= 0.3 is 6.61 Å². The molecule has 0 bridgehead atoms. The van der Waals surface area contributed by atoms with Crippen molar-refractivity contribution in [3.63, 3.8) is 0 Å². The van der Waals surface area contributed by atoms with E-state index in [9.17, 15) is 13.9 Å². The van der Waals surface area contributed by atoms with Crippen molar-refractivity contribution >= 4 is 28.4 Å². The van der Waals surface area contributed by atoms with Gasteiger partial charge in [-0.25, -0.2) is 9.67 Å². The summed E-state index contributed by atoms with van der Waals surface area (Å²) in [7, 11) is 0. The number of ether oxygens (including phenoxy) is 1. The van der Waals surface area contributed by atoms with Gasteiger partial charge in [-0.05, 0) is 35.8 Å². The molecule has 0 saturated heterocycles. The molecule has 1 saturated carbocycles. The Bertz CT molecular complexity index is 1010. The quantitative estimate of drug-likeness (QED) is 0.597. The zero-order valence-electron chi connectivity index (χ0n) is 14.8. The molecule has 3 aromatic rings. The first-order valence-corrected chi connectivity index (χ1v) is 9.18. The third-order valence-corrected chi connectivity index (χ3v) is 5.71. The van der Waals surface area contributed by atoms with Crippen LogP contribution in [0.4, 0.5) is 8.78 Å². The summed E-state index contributed by atoms with van der Waals surface area (Å²) in [6, 6.07) is 10.6. The minimum atomic E-state index is -2.95. The standard InChI is InChI=1S/C20H18ClF2N3O2/c21-19(9-10-19)20(27,11-26-13-24-12-25-26)8-7-16-15-4-2-1-3-14(15)5-6-17(16)28-18(22)23/h1-8,12-13,18,27H,9-11H2. The molecule has 1 aliphatic carbocycles. The number of alkyl halides is 3. The maximum atomic E-state index is 12.9. The number of halogens is 3. The molecule has 1 aromatic heterocycles. The molecule has 2 aromatic carbocycles. The van der Waals surface area contributed by atoms with Crippen molar-refractivity contribution in [1.29, 1.82) is 0 Å². The molecule has 0 aliphatic heterocycles. The van der Waals surface area contributed by atoms with Gasteiger partial charge in [0.25, 0.3) is 0 Å². The van der Waals surface area contributed by atoms with Gasteiger partial charge in [-0.2, -0.15) is 13.9 Å². The number of benzene rings is 2. The highest BCUT2D eigenvalue weighted by molar-refractivity contribution is 6.27. The number of nitrogens with zero attached hydrogens (tertiary/aromatic N) is 3. The van der Waals surface area contributed by atoms with Crippen LogP contribution in [0.1, 0.15) is 18.4 Å². The van der Waals surface area contributed by atoms with Crippen molar-refractivity contribution in [2.45, 2.75) is 36.5 Å². The topological polar surface area (TPSA) is 60.2 Å². The van der Waals surface area contributed by atoms with E-state index in [4.69, 9.17) is 16.3 Å². The minimum absolute atomic E-state index is 0.0347. The Morgan fingerprint density at radius 2 is 2.07 bits per heavy atom. The average Bonchev–Trinajstić information content (AvgIpc) is 3.23. The van der Waals surface area contributed by atoms with Crippen LogP contribution >= 0.6 is 11.6 Å². The number of hydrogen-bond acceptors (Lipinski definition) is 4. The molecule has 1 N–H and O–H groups in total. The monoisotopic (exact) mass is 405 g/mol. The smallest absolute Gasteiger partial charge is 0.387 e. The summed E-state index contributed by atoms with van der Waals surface area (Å²) in [4.78, 5) is 3.06. The lowest BCUT2D eigenvalue weighted by molar-refractivity contribution is -0.0498. The van der Waals surface area contributed by atoms with Gasteiger partial charge in [0.1, 0.15) is 24.0 Å². The Kier molecular flexibility index (Phi) is 4.81. The van der Waals surface area contributed by atoms with Crippen molar-refractivity contribution < 1.29 is 18.6 Å². The summed E-state index contributed by atoms with van der Waals surface area (Å²) in [6.45, 7) is -2.85. The first-order chi connectivity index (χ1) is 13.4. The SMILES string of the molecule is OC(C=Cc1c(OC(F)F)ccc2ccccc12)(Cn1cncn1)C1(Cl)CC1. The normalized spacial score (nSPS) is 17.9. The van der Waals surface area contributed by atoms with Crippen LogP contribution in [0.5, 0.6) is 5.75 Å². The summed E-state index contributed by atoms with van der Waals surface area (Å²) in [6.07, 6.45) is 7.29. The van der Waals surface area contributed by atoms with Gasteiger partial charge in [-0.3, -0.25) is 0 Å². The molecule has 0 amide bonds. The fourth-order valence-corrected chi connectivity index (χ4v) is 3.53. The predicted molar refractivity (Wildman–Crippen MR) is 102 cm³/mol. The molecule has 28 heavy (non-hydrogen) atoms. The molecule has 1 atom stereocenters. The predicted octanol–water partition coefficient (Wildman–Crippen LogP) is 4.25. The van der Waals surface area contributed by atoms with Gasteiger partial charge in [-0.15, -0.1) is 11.6 Å². The Morgan fingerprint density at radius 3 is 2.75 bits per heavy atom. The van der Waals surface area contributed by atoms with Gasteiger partial charge in [0.05, 0.1) is 11.4 Å². The maximum Gasteiger partial charge on any atom is 0.387 e. The van der Waals surface area contributed by atoms with E-state index in [1.54, 1.807) is 18.2 Å². The number of fused-ring (bicyclic) bond motifs is 1. The summed E-state index contributed by atoms with van der Waals surface area (Å²) >= 11 is 6.56. The molecule has 1 heterocycles. The van der Waals surface area contributed by atoms with Crippen molar-refractivity contribution in [2.75, 3.05) is 0 Å². The van der Waals surface area contributed by atoms with Crippen LogP contribution < -0.4 is 4.74 Å². The molecule has 5 nitrogen and oxygen atoms in total. The molecular weight excluding hydrogens is 388 g/mol. The third kappa shape index (κ3) is 3.59. The summed E-state index contributed by atoms with van der Waals surface area (Å²) in [5, 5.41) is 16.9. The van der Waals surface area contributed by atoms with Crippen LogP contribution in [-0.2, 0) is 6.54 Å². The molecule has 1 unspecified atom stereocenters. The van der Waals surface area contributed by atoms with Crippen molar-refractivity contribution in [2.24, 2.45) is 0 Å². The van der Waals surface area contributed by atoms with E-state index in [2.05, 4.69) is 10.1 Å². The number of aliphatic hydroxyl groups is 1. The van der Waals surface area contributed by atoms with Crippen LogP contribution in [0.2, 0.25) is 0 Å². The van der Waals surface area contributed by atoms with Gasteiger partial charge in [0, 0.05) is 5.56 Å². The Morgan fingerprint density at radius 1 is 1.29 bits per heavy atom. The van der Waals surface area contributed by atoms with Crippen molar-refractivity contribution in [3.05, 3.63) is 60.7 Å². The second-order valence-corrected chi connectivity index (χ2v) is 7.62. The average molecular weight is 406 g/mol. The molecule has 146 valence electrons. The fourth-order valence-electron chi connectivity index (χ4n) is 3.32. The van der Waals surface area contributed by atoms with E-state index < -0.39 is 17.1 Å². The lowest BCUT2D eigenvalue weighted by Gasteiger charge is -2.29. The molecule has 0 radical (unpaired) electrons. The second-order valence-electron chi connectivity index (χ2n) is 6.89. The zero-order valence-corrected chi connectivity index (χ0v) is 15.6. The van der Waals surface area contributed by atoms with Crippen molar-refractivity contribution in [3.8, 4) is 5.75 Å². The van der Waals surface area contributed by atoms with E-state index in [0.29, 0.717) is 18.4 Å². The van der Waals surface area contributed by atoms with E-state index in [1.165, 1.54) is 23.4 Å². The number of rotatable bonds is 7. The maximum absolute atomic E-state index is 12.9. The second kappa shape index (κ2) is 7.14. The molecule has 1 aliphatic rings. The lowest BCUT2D eigenvalue weighted by atomic mass is 9.94. The number of aromatic nitrogens is 3. The van der Waals surface area contributed by atoms with E-state index in [0.717, 1.165) is 10.8 Å². The van der Waals surface area contributed by atoms with Crippen molar-refractivity contribution in [1.82, 2.24) is 14.8 Å². The minimum Gasteiger partial charge on any atom is -0.434 e.